The van der Waals surface area contributed by atoms with Gasteiger partial charge in [-0.2, -0.15) is 4.98 Å². The molecule has 5 aromatic rings. The molecular weight excluding hydrogens is 1170 g/mol. The number of nitrogens with two attached hydrogens (primary N) is 3. The monoisotopic (exact) mass is 1230 g/mol. The van der Waals surface area contributed by atoms with E-state index in [1.165, 1.54) is 73.6 Å². The third-order valence-electron chi connectivity index (χ3n) is 12.6. The summed E-state index contributed by atoms with van der Waals surface area (Å²) in [5.41, 5.74) is 18.9. The van der Waals surface area contributed by atoms with Crippen LogP contribution in [-0.2, 0) is 98.0 Å². The summed E-state index contributed by atoms with van der Waals surface area (Å²) in [6.07, 6.45) is -7.18. The Morgan fingerprint density at radius 2 is 1.06 bits per heavy atom. The van der Waals surface area contributed by atoms with Gasteiger partial charge in [-0.25, -0.2) is 39.3 Å². The normalized spacial score (nSPS) is 28.6. The number of aryl methyl sites for hydroxylation is 1. The second kappa shape index (κ2) is 26.9. The minimum atomic E-state index is -4.54. The Morgan fingerprint density at radius 1 is 0.620 bits per heavy atom. The van der Waals surface area contributed by atoms with Gasteiger partial charge in [0.25, 0.3) is 0 Å². The van der Waals surface area contributed by atoms with Gasteiger partial charge >= 0.3 is 25.9 Å². The molecule has 0 aliphatic carbocycles. The third-order valence-corrected chi connectivity index (χ3v) is 17.5. The largest absolute Gasteiger partial charge is 0.386 e. The van der Waals surface area contributed by atoms with Gasteiger partial charge in [-0.3, -0.25) is 31.8 Å². The first-order valence-electron chi connectivity index (χ1n) is 24.1. The second-order valence-corrected chi connectivity index (χ2v) is 26.2. The topological polar surface area (TPSA) is 396 Å². The van der Waals surface area contributed by atoms with Gasteiger partial charge in [-0.1, -0.05) is 19.2 Å². The molecule has 0 aromatic carbocycles. The maximum atomic E-state index is 14.6. The summed E-state index contributed by atoms with van der Waals surface area (Å²) >= 11 is 15.4. The molecule has 79 heavy (non-hydrogen) atoms. The van der Waals surface area contributed by atoms with Gasteiger partial charge in [0.1, 0.15) is 78.3 Å². The van der Waals surface area contributed by atoms with E-state index in [4.69, 9.17) is 111 Å². The van der Waals surface area contributed by atoms with Crippen LogP contribution in [0.1, 0.15) is 37.6 Å². The lowest BCUT2D eigenvalue weighted by atomic mass is 10.1. The Bertz CT molecular complexity index is 3080. The molecule has 8 rings (SSSR count). The number of thiol groups is 1. The summed E-state index contributed by atoms with van der Waals surface area (Å²) in [5.74, 6) is 0.178. The third kappa shape index (κ3) is 14.3. The molecule has 38 heteroatoms. The van der Waals surface area contributed by atoms with Crippen LogP contribution >= 0.6 is 32.5 Å². The van der Waals surface area contributed by atoms with Gasteiger partial charge in [0.2, 0.25) is 0 Å². The smallest absolute Gasteiger partial charge is 0.383 e. The number of ether oxygens (including phenoxy) is 9. The highest BCUT2D eigenvalue weighted by atomic mass is 32.7. The van der Waals surface area contributed by atoms with E-state index in [9.17, 15) is 19.1 Å². The molecule has 8 heterocycles. The van der Waals surface area contributed by atoms with E-state index in [0.717, 1.165) is 0 Å². The van der Waals surface area contributed by atoms with Crippen molar-refractivity contribution in [2.24, 2.45) is 0 Å². The molecule has 3 fully saturated rings. The van der Waals surface area contributed by atoms with Crippen LogP contribution in [0.5, 0.6) is 0 Å². The Kier molecular flexibility index (Phi) is 21.0. The standard InChI is InChI=1S/C41H62N13O19P3S3/c1-7-22-27(30(63-11-8-59-3)38(68-22)52-14-21(2)33(42)51-41(52)55)72-75(57,78)66-16-24-29(32(65-13-10-61-5)40(70-24)54-20-50-26-35(44)46-18-48-37(26)54)73-76(58,79)67-15-23-28(71-74(56,77)62-6)31(64-12-9-60-4)39(69-23)53-19-49-25-34(43)45-17-47-36(25)53/h14,17-20,22-24,27-32,38-40H,7-13,15-16H2,1-6H3,(H,56,77)(H,57,78)(H,58,79)(H2,42,51,55)(H2,43,45,47)(H2,44,46,48)/t22-,23-,24-,27-,28-,29-,30-,31-,32-,38-,39-,40-,74?,75?,76?/m1/s1. The molecule has 3 aliphatic rings. The molecule has 0 radical (unpaired) electrons. The molecule has 3 saturated heterocycles. The van der Waals surface area contributed by atoms with Crippen LogP contribution in [0.25, 0.3) is 22.3 Å². The SMILES string of the molecule is CC[C@H]1O[C@@H](n2cc(C)c(N)nc2=O)[C@H](OCCOC)[C@@H]1OP(=O)(S)OC[C@H]1O[C@@H](n2cnc3c(N)ncnc32)[C@H](OCCOC)[C@@H]1OP(O)(=S)OC[C@H]1O[C@@H](n2cnc3c(N)ncnc32)[C@H](OCCOC)[C@@H]1OP(O)(=S)OC. The first-order valence-corrected chi connectivity index (χ1v) is 32.0. The fourth-order valence-electron chi connectivity index (χ4n) is 8.88. The number of aromatic nitrogens is 10. The maximum Gasteiger partial charge on any atom is 0.386 e. The van der Waals surface area contributed by atoms with Crippen molar-refractivity contribution < 1.29 is 84.1 Å². The summed E-state index contributed by atoms with van der Waals surface area (Å²) in [5, 5.41) is 0. The molecule has 0 saturated carbocycles. The molecule has 0 spiro atoms. The molecule has 15 atom stereocenters. The Balaban J connectivity index is 1.09. The zero-order valence-corrected chi connectivity index (χ0v) is 48.5. The Labute approximate surface area is 466 Å². The van der Waals surface area contributed by atoms with Crippen LogP contribution in [0, 0.1) is 6.92 Å². The Morgan fingerprint density at radius 3 is 1.53 bits per heavy atom. The van der Waals surface area contributed by atoms with E-state index in [0.29, 0.717) is 12.0 Å². The van der Waals surface area contributed by atoms with Crippen molar-refractivity contribution in [2.45, 2.75) is 93.9 Å². The Hall–Kier alpha value is -3.42. The van der Waals surface area contributed by atoms with E-state index in [1.807, 2.05) is 0 Å². The first-order chi connectivity index (χ1) is 37.7. The number of hydrogen-bond donors (Lipinski definition) is 6. The highest BCUT2D eigenvalue weighted by molar-refractivity contribution is 8.44. The minimum Gasteiger partial charge on any atom is -0.383 e. The van der Waals surface area contributed by atoms with Crippen molar-refractivity contribution in [2.75, 3.05) is 98.5 Å². The summed E-state index contributed by atoms with van der Waals surface area (Å²) in [6.45, 7) is -10.5. The lowest BCUT2D eigenvalue weighted by Crippen LogP contribution is -2.40. The quantitative estimate of drug-likeness (QED) is 0.0224. The number of rotatable bonds is 29. The molecule has 438 valence electrons. The summed E-state index contributed by atoms with van der Waals surface area (Å²) in [4.78, 5) is 65.9. The summed E-state index contributed by atoms with van der Waals surface area (Å²) in [7, 11) is 5.59. The highest BCUT2D eigenvalue weighted by Crippen LogP contribution is 2.58. The minimum absolute atomic E-state index is 0.00566. The van der Waals surface area contributed by atoms with Gasteiger partial charge in [-0.15, -0.1) is 0 Å². The van der Waals surface area contributed by atoms with E-state index in [1.54, 1.807) is 13.8 Å². The number of hydrogen-bond acceptors (Lipinski definition) is 29. The van der Waals surface area contributed by atoms with Crippen molar-refractivity contribution in [3.05, 3.63) is 47.6 Å². The molecule has 0 amide bonds. The van der Waals surface area contributed by atoms with Crippen LogP contribution < -0.4 is 22.9 Å². The highest BCUT2D eigenvalue weighted by Gasteiger charge is 2.54. The predicted octanol–water partition coefficient (Wildman–Crippen LogP) is 1.48. The molecule has 3 aliphatic heterocycles. The van der Waals surface area contributed by atoms with E-state index in [2.05, 4.69) is 47.1 Å². The van der Waals surface area contributed by atoms with E-state index >= 15 is 0 Å². The van der Waals surface area contributed by atoms with Crippen LogP contribution in [-0.4, -0.2) is 195 Å². The second-order valence-electron chi connectivity index (χ2n) is 17.6. The zero-order valence-electron chi connectivity index (χ0n) is 43.3. The maximum absolute atomic E-state index is 14.6. The van der Waals surface area contributed by atoms with Crippen LogP contribution in [0.4, 0.5) is 17.5 Å². The number of nitrogen functional groups attached to an aromatic ring is 3. The summed E-state index contributed by atoms with van der Waals surface area (Å²) in [6, 6.07) is 0. The van der Waals surface area contributed by atoms with Gasteiger partial charge < -0.3 is 78.7 Å². The number of nitrogens with zero attached hydrogens (tertiary/aromatic N) is 10. The molecule has 3 unspecified atom stereocenters. The summed E-state index contributed by atoms with van der Waals surface area (Å²) < 4.78 is 109. The van der Waals surface area contributed by atoms with Crippen molar-refractivity contribution in [1.82, 2.24) is 48.6 Å². The van der Waals surface area contributed by atoms with Crippen LogP contribution in [0.15, 0.2) is 36.3 Å². The lowest BCUT2D eigenvalue weighted by Gasteiger charge is -2.30. The molecule has 8 N–H and O–H groups in total. The van der Waals surface area contributed by atoms with Gasteiger partial charge in [-0.05, 0) is 37.0 Å². The molecule has 5 aromatic heterocycles. The van der Waals surface area contributed by atoms with Gasteiger partial charge in [0.05, 0.1) is 71.6 Å². The zero-order chi connectivity index (χ0) is 56.8. The fraction of sp³-hybridized carbons (Fsp3) is 0.659. The predicted molar refractivity (Wildman–Crippen MR) is 287 cm³/mol. The van der Waals surface area contributed by atoms with E-state index in [-0.39, 0.29) is 79.4 Å². The van der Waals surface area contributed by atoms with Gasteiger partial charge in [0.15, 0.2) is 41.6 Å². The van der Waals surface area contributed by atoms with Crippen LogP contribution in [0.3, 0.4) is 0 Å². The average molecular weight is 1230 g/mol. The first kappa shape index (κ1) is 61.6. The number of fused-ring (bicyclic) bond motifs is 2. The average Bonchev–Trinajstić information content (AvgIpc) is 4.37. The number of methoxy groups -OCH3 is 3. The van der Waals surface area contributed by atoms with Crippen molar-refractivity contribution in [1.29, 1.82) is 0 Å². The molecular formula is C41H62N13O19P3S3. The molecule has 32 nitrogen and oxygen atoms in total. The van der Waals surface area contributed by atoms with Crippen molar-refractivity contribution >= 4 is 95.9 Å². The van der Waals surface area contributed by atoms with Gasteiger partial charge in [0, 0.05) is 40.2 Å². The fourth-order valence-corrected chi connectivity index (χ4v) is 12.8. The number of anilines is 3. The van der Waals surface area contributed by atoms with Crippen molar-refractivity contribution in [3.63, 3.8) is 0 Å². The van der Waals surface area contributed by atoms with Crippen molar-refractivity contribution in [3.8, 4) is 0 Å². The van der Waals surface area contributed by atoms with E-state index < -0.39 is 113 Å². The lowest BCUT2D eigenvalue weighted by molar-refractivity contribution is -0.0806. The van der Waals surface area contributed by atoms with Crippen LogP contribution in [0.2, 0.25) is 0 Å². The number of imidazole rings is 2. The molecule has 0 bridgehead atoms.